The van der Waals surface area contributed by atoms with Crippen molar-refractivity contribution < 1.29 is 9.90 Å². The molecule has 1 fully saturated rings. The van der Waals surface area contributed by atoms with Crippen LogP contribution in [0.4, 0.5) is 5.82 Å². The van der Waals surface area contributed by atoms with E-state index in [4.69, 9.17) is 0 Å². The average molecular weight is 291 g/mol. The monoisotopic (exact) mass is 291 g/mol. The number of hydrogen-bond donors (Lipinski definition) is 1. The molecule has 0 radical (unpaired) electrons. The Morgan fingerprint density at radius 2 is 2.20 bits per heavy atom. The van der Waals surface area contributed by atoms with Gasteiger partial charge in [-0.3, -0.25) is 4.79 Å². The lowest BCUT2D eigenvalue weighted by Crippen LogP contribution is -2.32. The third-order valence-corrected chi connectivity index (χ3v) is 4.99. The van der Waals surface area contributed by atoms with Gasteiger partial charge in [0.2, 0.25) is 0 Å². The molecule has 0 saturated carbocycles. The van der Waals surface area contributed by atoms with Gasteiger partial charge in [0.05, 0.1) is 10.8 Å². The highest BCUT2D eigenvalue weighted by molar-refractivity contribution is 7.17. The van der Waals surface area contributed by atoms with Crippen molar-refractivity contribution >= 4 is 33.3 Å². The fourth-order valence-corrected chi connectivity index (χ4v) is 3.67. The Morgan fingerprint density at radius 1 is 1.45 bits per heavy atom. The second kappa shape index (κ2) is 4.41. The molecule has 106 valence electrons. The molecule has 1 aliphatic rings. The normalized spacial score (nSPS) is 22.6. The van der Waals surface area contributed by atoms with Gasteiger partial charge in [-0.25, -0.2) is 9.97 Å². The van der Waals surface area contributed by atoms with E-state index in [1.54, 1.807) is 18.3 Å². The van der Waals surface area contributed by atoms with Gasteiger partial charge < -0.3 is 10.0 Å². The molecule has 1 N–H and O–H groups in total. The van der Waals surface area contributed by atoms with Crippen LogP contribution in [0.1, 0.15) is 24.7 Å². The Morgan fingerprint density at radius 3 is 2.85 bits per heavy atom. The first-order valence-electron chi connectivity index (χ1n) is 6.61. The predicted molar refractivity (Wildman–Crippen MR) is 79.5 cm³/mol. The number of nitrogens with zero attached hydrogens (tertiary/aromatic N) is 3. The van der Waals surface area contributed by atoms with E-state index in [9.17, 15) is 9.90 Å². The van der Waals surface area contributed by atoms with Crippen molar-refractivity contribution in [2.45, 2.75) is 27.2 Å². The topological polar surface area (TPSA) is 66.3 Å². The molecule has 1 saturated heterocycles. The van der Waals surface area contributed by atoms with E-state index in [1.165, 1.54) is 0 Å². The number of aliphatic carboxylic acids is 1. The molecule has 0 bridgehead atoms. The van der Waals surface area contributed by atoms with Gasteiger partial charge in [0.1, 0.15) is 16.5 Å². The van der Waals surface area contributed by atoms with Crippen molar-refractivity contribution in [1.29, 1.82) is 0 Å². The van der Waals surface area contributed by atoms with E-state index < -0.39 is 11.4 Å². The summed E-state index contributed by atoms with van der Waals surface area (Å²) >= 11 is 1.61. The van der Waals surface area contributed by atoms with E-state index in [-0.39, 0.29) is 0 Å². The molecule has 1 aliphatic heterocycles. The fraction of sp³-hybridized carbons (Fsp3) is 0.500. The van der Waals surface area contributed by atoms with Crippen LogP contribution in [0.5, 0.6) is 0 Å². The van der Waals surface area contributed by atoms with Crippen LogP contribution in [-0.2, 0) is 4.79 Å². The summed E-state index contributed by atoms with van der Waals surface area (Å²) < 4.78 is 0. The number of rotatable bonds is 2. The maximum absolute atomic E-state index is 11.4. The molecule has 6 heteroatoms. The molecule has 0 aliphatic carbocycles. The highest BCUT2D eigenvalue weighted by Crippen LogP contribution is 2.37. The maximum atomic E-state index is 11.4. The zero-order valence-electron chi connectivity index (χ0n) is 11.8. The summed E-state index contributed by atoms with van der Waals surface area (Å²) in [6.07, 6.45) is 0.649. The van der Waals surface area contributed by atoms with Crippen LogP contribution >= 0.6 is 11.3 Å². The number of aryl methyl sites for hydroxylation is 2. The minimum Gasteiger partial charge on any atom is -0.481 e. The van der Waals surface area contributed by atoms with E-state index >= 15 is 0 Å². The molecule has 0 spiro atoms. The predicted octanol–water partition coefficient (Wildman–Crippen LogP) is 2.61. The average Bonchev–Trinajstić information content (AvgIpc) is 2.94. The van der Waals surface area contributed by atoms with Crippen LogP contribution in [0.25, 0.3) is 10.2 Å². The van der Waals surface area contributed by atoms with Crippen LogP contribution in [0.2, 0.25) is 0 Å². The second-order valence-corrected chi connectivity index (χ2v) is 6.59. The summed E-state index contributed by atoms with van der Waals surface area (Å²) in [5.41, 5.74) is 0.471. The van der Waals surface area contributed by atoms with Crippen LogP contribution < -0.4 is 4.90 Å². The molecule has 5 nitrogen and oxygen atoms in total. The van der Waals surface area contributed by atoms with Crippen LogP contribution in [-0.4, -0.2) is 34.1 Å². The standard InChI is InChI=1S/C14H17N3O2S/c1-8-6-20-12-10(8)11(15-9(2)16-12)17-5-4-14(3,7-17)13(18)19/h6H,4-5,7H2,1-3H3,(H,18,19). The van der Waals surface area contributed by atoms with E-state index in [0.29, 0.717) is 13.0 Å². The molecule has 0 aromatic carbocycles. The fourth-order valence-electron chi connectivity index (χ4n) is 2.71. The number of aromatic nitrogens is 2. The zero-order chi connectivity index (χ0) is 14.5. The molecule has 20 heavy (non-hydrogen) atoms. The third-order valence-electron chi connectivity index (χ3n) is 4.00. The Balaban J connectivity index is 2.07. The lowest BCUT2D eigenvalue weighted by Gasteiger charge is -2.22. The summed E-state index contributed by atoms with van der Waals surface area (Å²) in [6.45, 7) is 6.96. The van der Waals surface area contributed by atoms with Crippen molar-refractivity contribution in [2.24, 2.45) is 5.41 Å². The van der Waals surface area contributed by atoms with Gasteiger partial charge in [0, 0.05) is 13.1 Å². The highest BCUT2D eigenvalue weighted by Gasteiger charge is 2.41. The van der Waals surface area contributed by atoms with Crippen molar-refractivity contribution in [1.82, 2.24) is 9.97 Å². The highest BCUT2D eigenvalue weighted by atomic mass is 32.1. The number of fused-ring (bicyclic) bond motifs is 1. The smallest absolute Gasteiger partial charge is 0.311 e. The van der Waals surface area contributed by atoms with Crippen molar-refractivity contribution in [3.05, 3.63) is 16.8 Å². The van der Waals surface area contributed by atoms with Gasteiger partial charge in [0.25, 0.3) is 0 Å². The quantitative estimate of drug-likeness (QED) is 0.921. The second-order valence-electron chi connectivity index (χ2n) is 5.73. The van der Waals surface area contributed by atoms with Gasteiger partial charge in [-0.1, -0.05) is 0 Å². The van der Waals surface area contributed by atoms with Gasteiger partial charge in [-0.05, 0) is 38.1 Å². The van der Waals surface area contributed by atoms with Crippen LogP contribution in [0.15, 0.2) is 5.38 Å². The van der Waals surface area contributed by atoms with Gasteiger partial charge in [-0.15, -0.1) is 11.3 Å². The zero-order valence-corrected chi connectivity index (χ0v) is 12.6. The first-order valence-corrected chi connectivity index (χ1v) is 7.49. The van der Waals surface area contributed by atoms with Crippen molar-refractivity contribution in [3.8, 4) is 0 Å². The van der Waals surface area contributed by atoms with E-state index in [1.807, 2.05) is 13.8 Å². The van der Waals surface area contributed by atoms with E-state index in [0.717, 1.165) is 34.0 Å². The Bertz CT molecular complexity index is 697. The molecule has 0 amide bonds. The van der Waals surface area contributed by atoms with E-state index in [2.05, 4.69) is 20.2 Å². The Hall–Kier alpha value is -1.69. The van der Waals surface area contributed by atoms with Gasteiger partial charge >= 0.3 is 5.97 Å². The number of carbonyl (C=O) groups is 1. The molecule has 1 atom stereocenters. The summed E-state index contributed by atoms with van der Waals surface area (Å²) in [6, 6.07) is 0. The van der Waals surface area contributed by atoms with Crippen LogP contribution in [0, 0.1) is 19.3 Å². The first kappa shape index (κ1) is 13.3. The number of anilines is 1. The number of thiophene rings is 1. The lowest BCUT2D eigenvalue weighted by molar-refractivity contribution is -0.146. The Labute approximate surface area is 121 Å². The minimum atomic E-state index is -0.732. The van der Waals surface area contributed by atoms with Crippen molar-refractivity contribution in [3.63, 3.8) is 0 Å². The molecule has 3 rings (SSSR count). The lowest BCUT2D eigenvalue weighted by atomic mass is 9.90. The third kappa shape index (κ3) is 1.95. The Kier molecular flexibility index (Phi) is 2.93. The maximum Gasteiger partial charge on any atom is 0.311 e. The van der Waals surface area contributed by atoms with Crippen molar-refractivity contribution in [2.75, 3.05) is 18.0 Å². The summed E-state index contributed by atoms with van der Waals surface area (Å²) in [5.74, 6) is 0.888. The number of hydrogen-bond acceptors (Lipinski definition) is 5. The molecule has 2 aromatic rings. The summed E-state index contributed by atoms with van der Waals surface area (Å²) in [5, 5.41) is 12.5. The van der Waals surface area contributed by atoms with Gasteiger partial charge in [-0.2, -0.15) is 0 Å². The molecule has 2 aromatic heterocycles. The molecule has 3 heterocycles. The number of carboxylic acids is 1. The van der Waals surface area contributed by atoms with Crippen LogP contribution in [0.3, 0.4) is 0 Å². The first-order chi connectivity index (χ1) is 9.40. The molecular weight excluding hydrogens is 274 g/mol. The minimum absolute atomic E-state index is 0.503. The molecule has 1 unspecified atom stereocenters. The SMILES string of the molecule is Cc1nc(N2CCC(C)(C(=O)O)C2)c2c(C)csc2n1. The summed E-state index contributed by atoms with van der Waals surface area (Å²) in [7, 11) is 0. The molecular formula is C14H17N3O2S. The van der Waals surface area contributed by atoms with Gasteiger partial charge in [0.15, 0.2) is 0 Å². The largest absolute Gasteiger partial charge is 0.481 e. The number of carboxylic acid groups (broad SMARTS) is 1. The summed E-state index contributed by atoms with van der Waals surface area (Å²) in [4.78, 5) is 23.5.